The molecule has 0 saturated heterocycles. The van der Waals surface area contributed by atoms with Crippen LogP contribution in [0.2, 0.25) is 0 Å². The Hall–Kier alpha value is -2.96. The summed E-state index contributed by atoms with van der Waals surface area (Å²) in [5.74, 6) is -2.12. The lowest BCUT2D eigenvalue weighted by atomic mass is 10.1. The van der Waals surface area contributed by atoms with Crippen LogP contribution in [0, 0.1) is 6.92 Å². The van der Waals surface area contributed by atoms with Crippen molar-refractivity contribution in [2.75, 3.05) is 11.5 Å². The first kappa shape index (κ1) is 16.4. The molecular weight excluding hydrogens is 300 g/mol. The van der Waals surface area contributed by atoms with Crippen molar-refractivity contribution in [1.29, 1.82) is 0 Å². The molecule has 0 bridgehead atoms. The molecule has 1 aliphatic rings. The van der Waals surface area contributed by atoms with Crippen LogP contribution in [0.15, 0.2) is 40.6 Å². The maximum absolute atomic E-state index is 12.5. The molecule has 3 amide bonds. The summed E-state index contributed by atoms with van der Waals surface area (Å²) >= 11 is 0. The van der Waals surface area contributed by atoms with Gasteiger partial charge in [0.25, 0.3) is 5.91 Å². The van der Waals surface area contributed by atoms with E-state index in [-0.39, 0.29) is 6.61 Å². The second-order valence-corrected chi connectivity index (χ2v) is 4.90. The molecule has 0 radical (unpaired) electrons. The van der Waals surface area contributed by atoms with Gasteiger partial charge in [0.1, 0.15) is 11.3 Å². The summed E-state index contributed by atoms with van der Waals surface area (Å²) in [6, 6.07) is 5.87. The van der Waals surface area contributed by atoms with E-state index in [2.05, 4.69) is 4.99 Å². The molecule has 0 unspecified atom stereocenters. The zero-order valence-electron chi connectivity index (χ0n) is 13.0. The highest BCUT2D eigenvalue weighted by Gasteiger charge is 2.39. The highest BCUT2D eigenvalue weighted by molar-refractivity contribution is 6.61. The van der Waals surface area contributed by atoms with Crippen LogP contribution < -0.4 is 4.90 Å². The number of ether oxygens (including phenoxy) is 1. The summed E-state index contributed by atoms with van der Waals surface area (Å²) in [6.45, 7) is 4.74. The molecule has 120 valence electrons. The zero-order valence-corrected chi connectivity index (χ0v) is 13.0. The van der Waals surface area contributed by atoms with Gasteiger partial charge in [-0.2, -0.15) is 4.99 Å². The van der Waals surface area contributed by atoms with E-state index in [1.807, 2.05) is 6.92 Å². The third kappa shape index (κ3) is 3.13. The summed E-state index contributed by atoms with van der Waals surface area (Å²) in [4.78, 5) is 40.9. The number of nitrogens with zero attached hydrogens (tertiary/aromatic N) is 2. The van der Waals surface area contributed by atoms with E-state index >= 15 is 0 Å². The Labute approximate surface area is 132 Å². The summed E-state index contributed by atoms with van der Waals surface area (Å²) in [5, 5.41) is 9.68. The van der Waals surface area contributed by atoms with E-state index in [1.54, 1.807) is 31.2 Å². The number of carbonyl (C=O) groups excluding carboxylic acids is 3. The molecule has 1 aromatic rings. The van der Waals surface area contributed by atoms with Crippen LogP contribution in [0.25, 0.3) is 0 Å². The van der Waals surface area contributed by atoms with Crippen molar-refractivity contribution in [2.24, 2.45) is 4.99 Å². The third-order valence-corrected chi connectivity index (χ3v) is 3.17. The van der Waals surface area contributed by atoms with Crippen molar-refractivity contribution in [3.05, 3.63) is 41.2 Å². The Kier molecular flexibility index (Phi) is 4.59. The molecule has 1 heterocycles. The number of rotatable bonds is 4. The highest BCUT2D eigenvalue weighted by Crippen LogP contribution is 2.23. The van der Waals surface area contributed by atoms with Crippen LogP contribution in [-0.4, -0.2) is 35.3 Å². The topological polar surface area (TPSA) is 96.3 Å². The van der Waals surface area contributed by atoms with Gasteiger partial charge in [-0.3, -0.25) is 4.79 Å². The van der Waals surface area contributed by atoms with Gasteiger partial charge in [0.2, 0.25) is 0 Å². The second kappa shape index (κ2) is 6.43. The highest BCUT2D eigenvalue weighted by atomic mass is 16.5. The molecule has 0 spiro atoms. The number of amides is 3. The number of aliphatic imine (C=N–C) groups is 1. The van der Waals surface area contributed by atoms with Gasteiger partial charge in [-0.1, -0.05) is 17.7 Å². The number of hydrogen-bond acceptors (Lipinski definition) is 5. The van der Waals surface area contributed by atoms with E-state index in [1.165, 1.54) is 6.92 Å². The minimum absolute atomic E-state index is 0.0622. The predicted octanol–water partition coefficient (Wildman–Crippen LogP) is 2.30. The normalized spacial score (nSPS) is 15.4. The Bertz CT molecular complexity index is 727. The van der Waals surface area contributed by atoms with E-state index in [4.69, 9.17) is 4.74 Å². The monoisotopic (exact) mass is 316 g/mol. The first-order chi connectivity index (χ1) is 10.9. The number of urea groups is 1. The third-order valence-electron chi connectivity index (χ3n) is 3.17. The Balaban J connectivity index is 2.40. The molecule has 1 aliphatic heterocycles. The van der Waals surface area contributed by atoms with E-state index in [9.17, 15) is 19.5 Å². The molecular formula is C16H16N2O5. The molecule has 2 rings (SSSR count). The number of esters is 1. The lowest BCUT2D eigenvalue weighted by Gasteiger charge is -2.13. The van der Waals surface area contributed by atoms with E-state index in [0.29, 0.717) is 5.69 Å². The zero-order chi connectivity index (χ0) is 17.1. The number of aliphatic hydroxyl groups excluding tert-OH is 1. The number of aliphatic hydroxyl groups is 1. The number of imide groups is 1. The quantitative estimate of drug-likeness (QED) is 0.522. The second-order valence-electron chi connectivity index (χ2n) is 4.90. The SMILES string of the molecule is CCOC(=O)C(C1=NC(=O)N(c2ccc(C)cc2)C1=O)=C(C)O. The Morgan fingerprint density at radius 2 is 1.87 bits per heavy atom. The van der Waals surface area contributed by atoms with Gasteiger partial charge in [0, 0.05) is 0 Å². The number of carbonyl (C=O) groups is 3. The first-order valence-electron chi connectivity index (χ1n) is 6.98. The maximum Gasteiger partial charge on any atom is 0.355 e. The maximum atomic E-state index is 12.5. The van der Waals surface area contributed by atoms with Gasteiger partial charge in [-0.15, -0.1) is 0 Å². The lowest BCUT2D eigenvalue weighted by molar-refractivity contribution is -0.138. The van der Waals surface area contributed by atoms with Crippen LogP contribution in [0.5, 0.6) is 0 Å². The minimum Gasteiger partial charge on any atom is -0.512 e. The van der Waals surface area contributed by atoms with Crippen molar-refractivity contribution >= 4 is 29.3 Å². The van der Waals surface area contributed by atoms with E-state index < -0.39 is 35.0 Å². The van der Waals surface area contributed by atoms with E-state index in [0.717, 1.165) is 10.5 Å². The molecule has 0 atom stereocenters. The van der Waals surface area contributed by atoms with Crippen LogP contribution in [0.1, 0.15) is 19.4 Å². The molecule has 1 N–H and O–H groups in total. The summed E-state index contributed by atoms with van der Waals surface area (Å²) in [7, 11) is 0. The summed E-state index contributed by atoms with van der Waals surface area (Å²) < 4.78 is 4.80. The van der Waals surface area contributed by atoms with Crippen molar-refractivity contribution < 1.29 is 24.2 Å². The smallest absolute Gasteiger partial charge is 0.355 e. The largest absolute Gasteiger partial charge is 0.512 e. The molecule has 0 aromatic heterocycles. The predicted molar refractivity (Wildman–Crippen MR) is 83.5 cm³/mol. The average molecular weight is 316 g/mol. The van der Waals surface area contributed by atoms with Crippen LogP contribution in [0.4, 0.5) is 10.5 Å². The van der Waals surface area contributed by atoms with Gasteiger partial charge in [-0.25, -0.2) is 14.5 Å². The van der Waals surface area contributed by atoms with Crippen molar-refractivity contribution in [1.82, 2.24) is 0 Å². The van der Waals surface area contributed by atoms with Gasteiger partial charge in [0.15, 0.2) is 5.71 Å². The molecule has 0 aliphatic carbocycles. The number of hydrogen-bond donors (Lipinski definition) is 1. The number of anilines is 1. The molecule has 23 heavy (non-hydrogen) atoms. The first-order valence-corrected chi connectivity index (χ1v) is 6.98. The minimum atomic E-state index is -0.904. The van der Waals surface area contributed by atoms with Crippen LogP contribution in [0.3, 0.4) is 0 Å². The Morgan fingerprint density at radius 1 is 1.26 bits per heavy atom. The van der Waals surface area contributed by atoms with Gasteiger partial charge in [-0.05, 0) is 32.9 Å². The molecule has 7 heteroatoms. The molecule has 7 nitrogen and oxygen atoms in total. The van der Waals surface area contributed by atoms with Gasteiger partial charge < -0.3 is 9.84 Å². The van der Waals surface area contributed by atoms with Crippen LogP contribution >= 0.6 is 0 Å². The fourth-order valence-electron chi connectivity index (χ4n) is 2.09. The number of benzene rings is 1. The average Bonchev–Trinajstić information content (AvgIpc) is 2.75. The number of allylic oxidation sites excluding steroid dienone is 1. The van der Waals surface area contributed by atoms with Crippen molar-refractivity contribution in [2.45, 2.75) is 20.8 Å². The van der Waals surface area contributed by atoms with Crippen molar-refractivity contribution in [3.63, 3.8) is 0 Å². The fourth-order valence-corrected chi connectivity index (χ4v) is 2.09. The Morgan fingerprint density at radius 3 is 2.39 bits per heavy atom. The van der Waals surface area contributed by atoms with Gasteiger partial charge >= 0.3 is 12.0 Å². The fraction of sp³-hybridized carbons (Fsp3) is 0.250. The molecule has 0 saturated carbocycles. The summed E-state index contributed by atoms with van der Waals surface area (Å²) in [5.41, 5.74) is 0.476. The summed E-state index contributed by atoms with van der Waals surface area (Å²) in [6.07, 6.45) is 0. The molecule has 0 fully saturated rings. The number of aryl methyl sites for hydroxylation is 1. The van der Waals surface area contributed by atoms with Gasteiger partial charge in [0.05, 0.1) is 12.3 Å². The molecule has 1 aromatic carbocycles. The van der Waals surface area contributed by atoms with Crippen molar-refractivity contribution in [3.8, 4) is 0 Å². The van der Waals surface area contributed by atoms with Crippen LogP contribution in [-0.2, 0) is 14.3 Å². The standard InChI is InChI=1S/C16H16N2O5/c1-4-23-15(21)12(10(3)19)13-14(20)18(16(22)17-13)11-7-5-9(2)6-8-11/h5-8,19H,4H2,1-3H3. The lowest BCUT2D eigenvalue weighted by Crippen LogP contribution is -2.34.